The molecule has 2 aromatic carbocycles. The number of carbonyl (C=O) groups excluding carboxylic acids is 1. The molecule has 0 aliphatic heterocycles. The maximum Gasteiger partial charge on any atom is 0.347 e. The lowest BCUT2D eigenvalue weighted by Crippen LogP contribution is -2.38. The third kappa shape index (κ3) is 2.92. The minimum absolute atomic E-state index is 0.0822. The Morgan fingerprint density at radius 1 is 1.12 bits per heavy atom. The van der Waals surface area contributed by atoms with E-state index in [1.165, 1.54) is 13.8 Å². The highest BCUT2D eigenvalue weighted by molar-refractivity contribution is 6.01. The highest BCUT2D eigenvalue weighted by Crippen LogP contribution is 2.38. The molecule has 0 saturated heterocycles. The number of ether oxygens (including phenoxy) is 1. The fourth-order valence-electron chi connectivity index (χ4n) is 2.92. The molecule has 0 spiro atoms. The Balaban J connectivity index is 2.16. The average molecular weight is 324 g/mol. The number of fused-ring (bicyclic) bond motifs is 1. The summed E-state index contributed by atoms with van der Waals surface area (Å²) in [5.74, 6) is -0.537. The summed E-state index contributed by atoms with van der Waals surface area (Å²) < 4.78 is 5.81. The Hall–Kier alpha value is -2.62. The minimum Gasteiger partial charge on any atom is -0.478 e. The molecule has 0 aromatic heterocycles. The Kier molecular flexibility index (Phi) is 3.91. The Bertz CT molecular complexity index is 834. The van der Waals surface area contributed by atoms with Crippen molar-refractivity contribution < 1.29 is 19.4 Å². The number of carboxylic acids is 1. The molecule has 1 aliphatic rings. The summed E-state index contributed by atoms with van der Waals surface area (Å²) in [6.45, 7) is 5.01. The summed E-state index contributed by atoms with van der Waals surface area (Å²) in [5.41, 5.74) is 3.14. The number of benzene rings is 2. The molecule has 4 heteroatoms. The number of carbonyl (C=O) groups is 2. The zero-order valence-electron chi connectivity index (χ0n) is 14.1. The van der Waals surface area contributed by atoms with Crippen LogP contribution in [0.5, 0.6) is 5.75 Å². The van der Waals surface area contributed by atoms with Crippen molar-refractivity contribution in [2.75, 3.05) is 0 Å². The second-order valence-electron chi connectivity index (χ2n) is 6.72. The van der Waals surface area contributed by atoms with Crippen molar-refractivity contribution in [3.63, 3.8) is 0 Å². The molecule has 1 N–H and O–H groups in total. The first-order valence-corrected chi connectivity index (χ1v) is 7.97. The van der Waals surface area contributed by atoms with Gasteiger partial charge in [-0.1, -0.05) is 29.8 Å². The van der Waals surface area contributed by atoms with E-state index in [-0.39, 0.29) is 5.78 Å². The zero-order valence-corrected chi connectivity index (χ0v) is 14.1. The smallest absolute Gasteiger partial charge is 0.347 e. The second-order valence-corrected chi connectivity index (χ2v) is 6.72. The van der Waals surface area contributed by atoms with Crippen LogP contribution in [0.4, 0.5) is 0 Å². The van der Waals surface area contributed by atoms with Gasteiger partial charge in [0.05, 0.1) is 0 Å². The van der Waals surface area contributed by atoms with Crippen molar-refractivity contribution >= 4 is 11.8 Å². The topological polar surface area (TPSA) is 63.6 Å². The number of Topliss-reactive ketones (excluding diaryl/α,β-unsaturated/α-hetero) is 1. The molecule has 1 aliphatic carbocycles. The van der Waals surface area contributed by atoms with Crippen molar-refractivity contribution in [3.8, 4) is 16.9 Å². The molecule has 0 radical (unpaired) electrons. The normalized spacial score (nSPS) is 13.7. The fourth-order valence-corrected chi connectivity index (χ4v) is 2.92. The molecule has 0 bridgehead atoms. The highest BCUT2D eigenvalue weighted by Gasteiger charge is 2.32. The van der Waals surface area contributed by atoms with Gasteiger partial charge < -0.3 is 9.84 Å². The predicted octanol–water partition coefficient (Wildman–Crippen LogP) is 4.03. The molecule has 0 unspecified atom stereocenters. The van der Waals surface area contributed by atoms with Crippen LogP contribution in [0.1, 0.15) is 41.8 Å². The minimum atomic E-state index is -1.38. The second kappa shape index (κ2) is 5.78. The van der Waals surface area contributed by atoms with E-state index in [1.807, 2.05) is 37.3 Å². The molecule has 124 valence electrons. The molecule has 0 saturated carbocycles. The van der Waals surface area contributed by atoms with Crippen molar-refractivity contribution in [3.05, 3.63) is 53.1 Å². The molecule has 0 heterocycles. The van der Waals surface area contributed by atoms with Crippen LogP contribution in [0.15, 0.2) is 36.4 Å². The summed E-state index contributed by atoms with van der Waals surface area (Å²) in [7, 11) is 0. The summed E-state index contributed by atoms with van der Waals surface area (Å²) >= 11 is 0. The van der Waals surface area contributed by atoms with Gasteiger partial charge in [0.15, 0.2) is 11.4 Å². The number of rotatable bonds is 4. The predicted molar refractivity (Wildman–Crippen MR) is 91.6 cm³/mol. The third-order valence-corrected chi connectivity index (χ3v) is 4.34. The van der Waals surface area contributed by atoms with Gasteiger partial charge in [-0.15, -0.1) is 0 Å². The average Bonchev–Trinajstić information content (AvgIpc) is 2.87. The van der Waals surface area contributed by atoms with Gasteiger partial charge in [0.2, 0.25) is 0 Å². The number of hydrogen-bond donors (Lipinski definition) is 1. The van der Waals surface area contributed by atoms with E-state index in [4.69, 9.17) is 4.74 Å². The maximum atomic E-state index is 12.0. The molecule has 0 atom stereocenters. The van der Waals surface area contributed by atoms with Gasteiger partial charge in [-0.05, 0) is 50.5 Å². The van der Waals surface area contributed by atoms with Gasteiger partial charge >= 0.3 is 5.97 Å². The summed E-state index contributed by atoms with van der Waals surface area (Å²) in [4.78, 5) is 23.5. The van der Waals surface area contributed by atoms with Crippen LogP contribution in [-0.2, 0) is 11.2 Å². The van der Waals surface area contributed by atoms with Crippen LogP contribution in [0.25, 0.3) is 11.1 Å². The zero-order chi connectivity index (χ0) is 17.5. The van der Waals surface area contributed by atoms with E-state index in [0.29, 0.717) is 17.7 Å². The van der Waals surface area contributed by atoms with E-state index < -0.39 is 11.6 Å². The molecule has 3 rings (SSSR count). The summed E-state index contributed by atoms with van der Waals surface area (Å²) in [6, 6.07) is 11.6. The monoisotopic (exact) mass is 324 g/mol. The maximum absolute atomic E-state index is 12.0. The molecule has 0 fully saturated rings. The van der Waals surface area contributed by atoms with Gasteiger partial charge in [0, 0.05) is 17.5 Å². The quantitative estimate of drug-likeness (QED) is 0.922. The number of ketones is 1. The Morgan fingerprint density at radius 2 is 1.88 bits per heavy atom. The van der Waals surface area contributed by atoms with Crippen molar-refractivity contribution in [2.45, 2.75) is 39.2 Å². The third-order valence-electron chi connectivity index (χ3n) is 4.34. The standard InChI is InChI=1S/C20H20O4/c1-12-5-4-6-13(9-12)16-10-14-7-8-17(21)15(14)11-18(16)24-20(2,3)19(22)23/h4-6,9-11H,7-8H2,1-3H3,(H,22,23). The van der Waals surface area contributed by atoms with Crippen molar-refractivity contribution in [1.82, 2.24) is 0 Å². The molecule has 24 heavy (non-hydrogen) atoms. The lowest BCUT2D eigenvalue weighted by molar-refractivity contribution is -0.152. The summed E-state index contributed by atoms with van der Waals surface area (Å²) in [5, 5.41) is 9.36. The largest absolute Gasteiger partial charge is 0.478 e. The van der Waals surface area contributed by atoms with Crippen molar-refractivity contribution in [2.24, 2.45) is 0 Å². The van der Waals surface area contributed by atoms with E-state index in [9.17, 15) is 14.7 Å². The van der Waals surface area contributed by atoms with Crippen LogP contribution in [-0.4, -0.2) is 22.5 Å². The lowest BCUT2D eigenvalue weighted by atomic mass is 9.97. The summed E-state index contributed by atoms with van der Waals surface area (Å²) in [6.07, 6.45) is 1.21. The SMILES string of the molecule is Cc1cccc(-c2cc3c(cc2OC(C)(C)C(=O)O)C(=O)CC3)c1. The number of aliphatic carboxylic acids is 1. The Morgan fingerprint density at radius 3 is 2.54 bits per heavy atom. The van der Waals surface area contributed by atoms with Gasteiger partial charge in [0.1, 0.15) is 5.75 Å². The van der Waals surface area contributed by atoms with Crippen LogP contribution in [0, 0.1) is 6.92 Å². The molecule has 2 aromatic rings. The molecule has 4 nitrogen and oxygen atoms in total. The number of aryl methyl sites for hydroxylation is 2. The van der Waals surface area contributed by atoms with Crippen LogP contribution >= 0.6 is 0 Å². The first-order valence-electron chi connectivity index (χ1n) is 7.97. The van der Waals surface area contributed by atoms with E-state index in [1.54, 1.807) is 6.07 Å². The first kappa shape index (κ1) is 16.2. The van der Waals surface area contributed by atoms with Crippen LogP contribution in [0.3, 0.4) is 0 Å². The molecular weight excluding hydrogens is 304 g/mol. The van der Waals surface area contributed by atoms with Crippen LogP contribution < -0.4 is 4.74 Å². The fraction of sp³-hybridized carbons (Fsp3) is 0.300. The van der Waals surface area contributed by atoms with Gasteiger partial charge in [-0.3, -0.25) is 4.79 Å². The van der Waals surface area contributed by atoms with E-state index in [2.05, 4.69) is 0 Å². The highest BCUT2D eigenvalue weighted by atomic mass is 16.5. The van der Waals surface area contributed by atoms with Gasteiger partial charge in [0.25, 0.3) is 0 Å². The first-order chi connectivity index (χ1) is 11.3. The number of carboxylic acid groups (broad SMARTS) is 1. The molecular formula is C20H20O4. The van der Waals surface area contributed by atoms with E-state index in [0.717, 1.165) is 28.7 Å². The van der Waals surface area contributed by atoms with Crippen LogP contribution in [0.2, 0.25) is 0 Å². The number of hydrogen-bond acceptors (Lipinski definition) is 3. The van der Waals surface area contributed by atoms with Gasteiger partial charge in [-0.2, -0.15) is 0 Å². The van der Waals surface area contributed by atoms with Crippen molar-refractivity contribution in [1.29, 1.82) is 0 Å². The lowest BCUT2D eigenvalue weighted by Gasteiger charge is -2.24. The van der Waals surface area contributed by atoms with Gasteiger partial charge in [-0.25, -0.2) is 4.79 Å². The molecule has 0 amide bonds. The van der Waals surface area contributed by atoms with E-state index >= 15 is 0 Å². The Labute approximate surface area is 141 Å².